The fraction of sp³-hybridized carbons (Fsp3) is 0.353. The summed E-state index contributed by atoms with van der Waals surface area (Å²) in [7, 11) is 0. The molecule has 2 bridgehead atoms. The molecule has 0 aliphatic carbocycles. The normalized spacial score (nSPS) is 26.0. The Kier molecular flexibility index (Phi) is 4.06. The molecule has 2 aliphatic rings. The van der Waals surface area contributed by atoms with Crippen LogP contribution in [0.5, 0.6) is 0 Å². The highest BCUT2D eigenvalue weighted by atomic mass is 35.5. The quantitative estimate of drug-likeness (QED) is 0.658. The highest BCUT2D eigenvalue weighted by Gasteiger charge is 2.39. The zero-order valence-corrected chi connectivity index (χ0v) is 12.9. The zero-order chi connectivity index (χ0) is 14.4. The molecule has 2 aliphatic heterocycles. The van der Waals surface area contributed by atoms with Crippen molar-refractivity contribution in [3.8, 4) is 11.1 Å². The maximum absolute atomic E-state index is 14.1. The lowest BCUT2D eigenvalue weighted by molar-refractivity contribution is 0.502. The van der Waals surface area contributed by atoms with Gasteiger partial charge in [-0.1, -0.05) is 12.1 Å². The molecule has 3 heterocycles. The molecule has 2 aromatic rings. The van der Waals surface area contributed by atoms with Gasteiger partial charge in [-0.25, -0.2) is 4.98 Å². The second-order valence-corrected chi connectivity index (χ2v) is 6.12. The number of nitrogens with one attached hydrogen (secondary N) is 1. The van der Waals surface area contributed by atoms with Crippen LogP contribution in [0.2, 0.25) is 0 Å². The van der Waals surface area contributed by atoms with E-state index in [0.717, 1.165) is 17.5 Å². The number of nitrogens with zero attached hydrogens (tertiary/aromatic N) is 1. The molecule has 5 heteroatoms. The van der Waals surface area contributed by atoms with Crippen LogP contribution >= 0.6 is 12.4 Å². The Morgan fingerprint density at radius 1 is 1.18 bits per heavy atom. The van der Waals surface area contributed by atoms with E-state index < -0.39 is 5.95 Å². The number of hydrogen-bond acceptors (Lipinski definition) is 3. The van der Waals surface area contributed by atoms with Gasteiger partial charge in [0.05, 0.1) is 0 Å². The van der Waals surface area contributed by atoms with Gasteiger partial charge in [0, 0.05) is 35.4 Å². The number of hydrogen-bond donors (Lipinski definition) is 2. The molecule has 3 atom stereocenters. The average Bonchev–Trinajstić information content (AvgIpc) is 3.12. The Hall–Kier alpha value is -1.65. The van der Waals surface area contributed by atoms with Crippen LogP contribution in [0.3, 0.4) is 0 Å². The van der Waals surface area contributed by atoms with Crippen LogP contribution in [-0.2, 0) is 0 Å². The molecule has 22 heavy (non-hydrogen) atoms. The van der Waals surface area contributed by atoms with Gasteiger partial charge in [-0.05, 0) is 48.6 Å². The smallest absolute Gasteiger partial charge is 0.220 e. The number of fused-ring (bicyclic) bond motifs is 2. The van der Waals surface area contributed by atoms with Gasteiger partial charge in [-0.2, -0.15) is 4.39 Å². The molecule has 3 nitrogen and oxygen atoms in total. The van der Waals surface area contributed by atoms with Crippen molar-refractivity contribution in [2.24, 2.45) is 0 Å². The molecule has 116 valence electrons. The summed E-state index contributed by atoms with van der Waals surface area (Å²) in [4.78, 5) is 3.98. The first-order chi connectivity index (χ1) is 10.2. The predicted octanol–water partition coefficient (Wildman–Crippen LogP) is 3.50. The Labute approximate surface area is 135 Å². The van der Waals surface area contributed by atoms with Crippen molar-refractivity contribution in [2.75, 3.05) is 5.73 Å². The van der Waals surface area contributed by atoms with Crippen molar-refractivity contribution < 1.29 is 4.39 Å². The minimum atomic E-state index is -0.417. The predicted molar refractivity (Wildman–Crippen MR) is 88.6 cm³/mol. The lowest BCUT2D eigenvalue weighted by Crippen LogP contribution is -2.21. The molecule has 1 aromatic carbocycles. The zero-order valence-electron chi connectivity index (χ0n) is 12.1. The van der Waals surface area contributed by atoms with Gasteiger partial charge in [0.2, 0.25) is 5.95 Å². The van der Waals surface area contributed by atoms with Crippen LogP contribution in [0.4, 0.5) is 10.1 Å². The van der Waals surface area contributed by atoms with E-state index in [2.05, 4.69) is 10.3 Å². The minimum absolute atomic E-state index is 0. The minimum Gasteiger partial charge on any atom is -0.399 e. The summed E-state index contributed by atoms with van der Waals surface area (Å²) < 4.78 is 14.1. The van der Waals surface area contributed by atoms with E-state index in [1.54, 1.807) is 18.3 Å². The summed E-state index contributed by atoms with van der Waals surface area (Å²) in [6, 6.07) is 10.4. The Morgan fingerprint density at radius 3 is 2.59 bits per heavy atom. The first-order valence-corrected chi connectivity index (χ1v) is 7.48. The van der Waals surface area contributed by atoms with Gasteiger partial charge in [-0.3, -0.25) is 0 Å². The van der Waals surface area contributed by atoms with Crippen molar-refractivity contribution in [3.63, 3.8) is 0 Å². The van der Waals surface area contributed by atoms with Crippen molar-refractivity contribution in [1.29, 1.82) is 0 Å². The second-order valence-electron chi connectivity index (χ2n) is 6.12. The molecule has 0 saturated carbocycles. The van der Waals surface area contributed by atoms with E-state index in [4.69, 9.17) is 5.73 Å². The van der Waals surface area contributed by atoms with Gasteiger partial charge >= 0.3 is 0 Å². The molecule has 0 amide bonds. The molecule has 2 fully saturated rings. The number of rotatable bonds is 2. The summed E-state index contributed by atoms with van der Waals surface area (Å²) in [6.07, 6.45) is 5.31. The number of anilines is 1. The topological polar surface area (TPSA) is 50.9 Å². The molecular weight excluding hydrogens is 301 g/mol. The lowest BCUT2D eigenvalue weighted by atomic mass is 9.84. The van der Waals surface area contributed by atoms with Crippen LogP contribution in [0.15, 0.2) is 36.5 Å². The average molecular weight is 320 g/mol. The number of benzene rings is 1. The third-order valence-electron chi connectivity index (χ3n) is 4.81. The van der Waals surface area contributed by atoms with Gasteiger partial charge < -0.3 is 11.1 Å². The van der Waals surface area contributed by atoms with Gasteiger partial charge in [0.15, 0.2) is 0 Å². The third-order valence-corrected chi connectivity index (χ3v) is 4.81. The maximum Gasteiger partial charge on any atom is 0.220 e. The fourth-order valence-corrected chi connectivity index (χ4v) is 3.72. The van der Waals surface area contributed by atoms with Crippen LogP contribution in [0, 0.1) is 5.95 Å². The number of nitrogen functional groups attached to an aromatic ring is 1. The first-order valence-electron chi connectivity index (χ1n) is 7.48. The Balaban J connectivity index is 0.00000144. The van der Waals surface area contributed by atoms with E-state index in [0.29, 0.717) is 29.3 Å². The highest BCUT2D eigenvalue weighted by Crippen LogP contribution is 2.40. The van der Waals surface area contributed by atoms with Crippen molar-refractivity contribution in [3.05, 3.63) is 48.0 Å². The molecule has 0 radical (unpaired) electrons. The van der Waals surface area contributed by atoms with E-state index in [1.165, 1.54) is 12.8 Å². The van der Waals surface area contributed by atoms with Crippen molar-refractivity contribution >= 4 is 18.1 Å². The summed E-state index contributed by atoms with van der Waals surface area (Å²) >= 11 is 0. The highest BCUT2D eigenvalue weighted by molar-refractivity contribution is 5.85. The molecular formula is C17H19ClFN3. The SMILES string of the molecule is Cl.Nc1ccc(-c2cc([C@H]3C[C@@H]4CC[C@H]3N4)cnc2F)cc1. The van der Waals surface area contributed by atoms with Crippen molar-refractivity contribution in [2.45, 2.75) is 37.3 Å². The number of aromatic nitrogens is 1. The van der Waals surface area contributed by atoms with Gasteiger partial charge in [-0.15, -0.1) is 12.4 Å². The lowest BCUT2D eigenvalue weighted by Gasteiger charge is -2.20. The summed E-state index contributed by atoms with van der Waals surface area (Å²) in [6.45, 7) is 0. The molecule has 4 rings (SSSR count). The number of pyridine rings is 1. The molecule has 0 spiro atoms. The van der Waals surface area contributed by atoms with Crippen molar-refractivity contribution in [1.82, 2.24) is 10.3 Å². The van der Waals surface area contributed by atoms with E-state index in [-0.39, 0.29) is 12.4 Å². The second kappa shape index (κ2) is 5.86. The number of nitrogens with two attached hydrogens (primary N) is 1. The van der Waals surface area contributed by atoms with Crippen LogP contribution in [0.1, 0.15) is 30.7 Å². The van der Waals surface area contributed by atoms with E-state index in [9.17, 15) is 4.39 Å². The Bertz CT molecular complexity index is 674. The fourth-order valence-electron chi connectivity index (χ4n) is 3.72. The van der Waals surface area contributed by atoms with Crippen LogP contribution in [0.25, 0.3) is 11.1 Å². The summed E-state index contributed by atoms with van der Waals surface area (Å²) in [5, 5.41) is 3.62. The standard InChI is InChI=1S/C17H18FN3.ClH/c18-17-15(10-1-3-12(19)4-2-10)7-11(9-20-17)14-8-13-5-6-16(14)21-13;/h1-4,7,9,13-14,16,21H,5-6,8,19H2;1H/t13-,14+,16+;/m0./s1. The monoisotopic (exact) mass is 319 g/mol. The maximum atomic E-state index is 14.1. The first kappa shape index (κ1) is 15.3. The summed E-state index contributed by atoms with van der Waals surface area (Å²) in [5.41, 5.74) is 8.91. The van der Waals surface area contributed by atoms with E-state index in [1.807, 2.05) is 18.2 Å². The summed E-state index contributed by atoms with van der Waals surface area (Å²) in [5.74, 6) is 0.0454. The molecule has 3 N–H and O–H groups in total. The Morgan fingerprint density at radius 2 is 1.95 bits per heavy atom. The molecule has 1 aromatic heterocycles. The number of halogens is 2. The molecule has 2 saturated heterocycles. The van der Waals surface area contributed by atoms with Crippen LogP contribution in [-0.4, -0.2) is 17.1 Å². The van der Waals surface area contributed by atoms with Gasteiger partial charge in [0.1, 0.15) is 0 Å². The van der Waals surface area contributed by atoms with Gasteiger partial charge in [0.25, 0.3) is 0 Å². The third kappa shape index (κ3) is 2.57. The van der Waals surface area contributed by atoms with E-state index >= 15 is 0 Å². The largest absolute Gasteiger partial charge is 0.399 e. The van der Waals surface area contributed by atoms with Crippen LogP contribution < -0.4 is 11.1 Å². The molecule has 0 unspecified atom stereocenters.